The number of hydrogen-bond donors (Lipinski definition) is 4. The highest BCUT2D eigenvalue weighted by molar-refractivity contribution is 6.20. The van der Waals surface area contributed by atoms with Crippen molar-refractivity contribution in [1.82, 2.24) is 15.3 Å². The van der Waals surface area contributed by atoms with E-state index < -0.39 is 6.10 Å². The van der Waals surface area contributed by atoms with Gasteiger partial charge in [-0.1, -0.05) is 20.8 Å². The topological polar surface area (TPSA) is 163 Å². The van der Waals surface area contributed by atoms with E-state index in [0.717, 1.165) is 50.1 Å². The standard InChI is InChI=1S/C35H46N4O7/c1-9-22-17(2)27(38-35(22)44)14-25-18(3)23(10-12-31(41)45-7)28(36-25)16-29-24(11-13-32(42)46-8)19(4)26(37-29)15-30-33(21(6)40)20(5)34(43)39-30/h14-17,20-22,33,36-37,40H,9-13H2,1-8H3,(H,39,43)/b25-14+,28-16+,30-15-/t17-,20-,21+,22-,33+/m1/s1. The third kappa shape index (κ3) is 7.09. The molecule has 4 rings (SSSR count). The molecule has 0 aliphatic carbocycles. The minimum atomic E-state index is -0.732. The van der Waals surface area contributed by atoms with Gasteiger partial charge in [0.2, 0.25) is 11.8 Å². The van der Waals surface area contributed by atoms with Crippen molar-refractivity contribution in [2.24, 2.45) is 28.7 Å². The fourth-order valence-corrected chi connectivity index (χ4v) is 6.65. The lowest BCUT2D eigenvalue weighted by atomic mass is 9.89. The van der Waals surface area contributed by atoms with E-state index in [2.05, 4.69) is 20.3 Å². The number of nitrogens with one attached hydrogen (secondary N) is 3. The molecule has 0 unspecified atom stereocenters. The Morgan fingerprint density at radius 1 is 0.891 bits per heavy atom. The molecular formula is C35H46N4O7. The van der Waals surface area contributed by atoms with Crippen molar-refractivity contribution in [3.05, 3.63) is 50.0 Å². The zero-order valence-electron chi connectivity index (χ0n) is 28.0. The number of nitrogens with zero attached hydrogens (tertiary/aromatic N) is 1. The molecule has 2 amide bonds. The number of rotatable bonds is 11. The van der Waals surface area contributed by atoms with E-state index in [9.17, 15) is 24.3 Å². The Balaban J connectivity index is 1.89. The quantitative estimate of drug-likeness (QED) is 0.276. The number of aliphatic imine (C=N–C) groups is 1. The van der Waals surface area contributed by atoms with Crippen LogP contribution in [0.5, 0.6) is 0 Å². The number of esters is 2. The van der Waals surface area contributed by atoms with E-state index in [4.69, 9.17) is 9.47 Å². The molecule has 5 atom stereocenters. The van der Waals surface area contributed by atoms with E-state index in [0.29, 0.717) is 25.0 Å². The summed E-state index contributed by atoms with van der Waals surface area (Å²) in [5.74, 6) is -1.83. The fraction of sp³-hybridized carbons (Fsp3) is 0.514. The van der Waals surface area contributed by atoms with Gasteiger partial charge < -0.3 is 29.9 Å². The van der Waals surface area contributed by atoms with Crippen LogP contribution in [0.1, 0.15) is 80.6 Å². The monoisotopic (exact) mass is 634 g/mol. The van der Waals surface area contributed by atoms with Crippen LogP contribution in [0.3, 0.4) is 0 Å². The lowest BCUT2D eigenvalue weighted by Crippen LogP contribution is -2.22. The van der Waals surface area contributed by atoms with E-state index in [1.165, 1.54) is 14.2 Å². The van der Waals surface area contributed by atoms with Crippen LogP contribution in [0.15, 0.2) is 10.7 Å². The molecule has 4 N–H and O–H groups in total. The van der Waals surface area contributed by atoms with E-state index in [-0.39, 0.29) is 60.3 Å². The number of amides is 2. The molecule has 46 heavy (non-hydrogen) atoms. The molecule has 0 saturated carbocycles. The number of aromatic amines is 2. The van der Waals surface area contributed by atoms with Gasteiger partial charge >= 0.3 is 11.9 Å². The highest BCUT2D eigenvalue weighted by Gasteiger charge is 2.38. The minimum Gasteiger partial charge on any atom is -0.469 e. The largest absolute Gasteiger partial charge is 0.469 e. The van der Waals surface area contributed by atoms with E-state index in [1.54, 1.807) is 13.8 Å². The highest BCUT2D eigenvalue weighted by Crippen LogP contribution is 2.32. The van der Waals surface area contributed by atoms with Gasteiger partial charge in [0, 0.05) is 70.0 Å². The predicted octanol–water partition coefficient (Wildman–Crippen LogP) is 2.53. The summed E-state index contributed by atoms with van der Waals surface area (Å²) in [5, 5.41) is 14.9. The van der Waals surface area contributed by atoms with Crippen LogP contribution in [0.4, 0.5) is 0 Å². The van der Waals surface area contributed by atoms with Gasteiger partial charge in [-0.15, -0.1) is 0 Å². The van der Waals surface area contributed by atoms with Gasteiger partial charge in [-0.05, 0) is 80.5 Å². The van der Waals surface area contributed by atoms with E-state index >= 15 is 0 Å². The molecule has 0 bridgehead atoms. The Bertz CT molecular complexity index is 1710. The van der Waals surface area contributed by atoms with Crippen molar-refractivity contribution in [2.45, 2.75) is 79.8 Å². The lowest BCUT2D eigenvalue weighted by molar-refractivity contribution is -0.141. The van der Waals surface area contributed by atoms with Crippen molar-refractivity contribution in [3.63, 3.8) is 0 Å². The average molecular weight is 635 g/mol. The van der Waals surface area contributed by atoms with Gasteiger partial charge in [0.15, 0.2) is 0 Å². The van der Waals surface area contributed by atoms with Crippen LogP contribution in [0, 0.1) is 37.5 Å². The maximum absolute atomic E-state index is 12.5. The molecule has 0 spiro atoms. The second kappa shape index (κ2) is 14.5. The molecule has 0 radical (unpaired) electrons. The number of aromatic nitrogens is 2. The van der Waals surface area contributed by atoms with Crippen molar-refractivity contribution >= 4 is 47.7 Å². The average Bonchev–Trinajstić information content (AvgIpc) is 3.67. The van der Waals surface area contributed by atoms with E-state index in [1.807, 2.05) is 45.9 Å². The first-order valence-electron chi connectivity index (χ1n) is 15.9. The number of aliphatic hydroxyl groups is 1. The molecule has 2 aromatic heterocycles. The molecule has 2 aliphatic heterocycles. The Kier molecular flexibility index (Phi) is 10.9. The Morgan fingerprint density at radius 2 is 1.52 bits per heavy atom. The summed E-state index contributed by atoms with van der Waals surface area (Å²) >= 11 is 0. The predicted molar refractivity (Wildman–Crippen MR) is 175 cm³/mol. The van der Waals surface area contributed by atoms with Gasteiger partial charge in [0.05, 0.1) is 20.3 Å². The summed E-state index contributed by atoms with van der Waals surface area (Å²) in [6.07, 6.45) is 6.87. The third-order valence-corrected chi connectivity index (χ3v) is 9.56. The van der Waals surface area contributed by atoms with Crippen molar-refractivity contribution in [3.8, 4) is 0 Å². The molecule has 0 aromatic carbocycles. The molecule has 248 valence electrons. The summed E-state index contributed by atoms with van der Waals surface area (Å²) < 4.78 is 9.82. The zero-order chi connectivity index (χ0) is 33.9. The van der Waals surface area contributed by atoms with Gasteiger partial charge in [-0.2, -0.15) is 0 Å². The SMILES string of the molecule is CC[C@H]1C(=O)N=C(/C=c2/[nH]/c(=C/c3[nH]c(/C=C4\NC(=O)[C@H](C)[C@H]4[C@H](C)O)c(C)c3CCC(=O)OC)c(CCC(=O)OC)c2C)[C@@H]1C. The van der Waals surface area contributed by atoms with Gasteiger partial charge in [0.1, 0.15) is 0 Å². The number of carbonyl (C=O) groups excluding carboxylic acids is 4. The highest BCUT2D eigenvalue weighted by atomic mass is 16.5. The number of aliphatic hydroxyl groups excluding tert-OH is 1. The Morgan fingerprint density at radius 3 is 2.09 bits per heavy atom. The molecule has 2 aromatic rings. The van der Waals surface area contributed by atoms with Gasteiger partial charge in [-0.3, -0.25) is 19.2 Å². The van der Waals surface area contributed by atoms with Crippen LogP contribution in [-0.2, 0) is 41.5 Å². The van der Waals surface area contributed by atoms with Crippen molar-refractivity contribution < 1.29 is 33.8 Å². The van der Waals surface area contributed by atoms with Crippen molar-refractivity contribution in [1.29, 1.82) is 0 Å². The maximum Gasteiger partial charge on any atom is 0.305 e. The second-order valence-electron chi connectivity index (χ2n) is 12.4. The Hall–Kier alpha value is -4.25. The first-order valence-corrected chi connectivity index (χ1v) is 15.9. The second-order valence-corrected chi connectivity index (χ2v) is 12.4. The third-order valence-electron chi connectivity index (χ3n) is 9.56. The summed E-state index contributed by atoms with van der Waals surface area (Å²) in [4.78, 5) is 60.6. The van der Waals surface area contributed by atoms with Crippen LogP contribution >= 0.6 is 0 Å². The molecule has 11 nitrogen and oxygen atoms in total. The molecule has 1 fully saturated rings. The first-order chi connectivity index (χ1) is 21.8. The minimum absolute atomic E-state index is 0.0120. The number of hydrogen-bond acceptors (Lipinski definition) is 7. The molecule has 1 saturated heterocycles. The fourth-order valence-electron chi connectivity index (χ4n) is 6.65. The number of methoxy groups -OCH3 is 2. The lowest BCUT2D eigenvalue weighted by Gasteiger charge is -2.17. The summed E-state index contributed by atoms with van der Waals surface area (Å²) in [7, 11) is 2.72. The summed E-state index contributed by atoms with van der Waals surface area (Å²) in [6, 6.07) is 0. The smallest absolute Gasteiger partial charge is 0.305 e. The first kappa shape index (κ1) is 34.6. The number of carbonyl (C=O) groups is 4. The number of H-pyrrole nitrogens is 2. The molecule has 4 heterocycles. The van der Waals surface area contributed by atoms with Gasteiger partial charge in [0.25, 0.3) is 0 Å². The molecule has 11 heteroatoms. The number of ether oxygens (including phenoxy) is 2. The van der Waals surface area contributed by atoms with Crippen LogP contribution < -0.4 is 16.0 Å². The summed E-state index contributed by atoms with van der Waals surface area (Å²) in [5.41, 5.74) is 6.47. The Labute approximate surface area is 269 Å². The molecule has 2 aliphatic rings. The van der Waals surface area contributed by atoms with Crippen molar-refractivity contribution in [2.75, 3.05) is 14.2 Å². The summed E-state index contributed by atoms with van der Waals surface area (Å²) in [6.45, 7) is 11.4. The molecular weight excluding hydrogens is 588 g/mol. The van der Waals surface area contributed by atoms with Crippen LogP contribution in [-0.4, -0.2) is 64.9 Å². The van der Waals surface area contributed by atoms with Crippen LogP contribution in [0.2, 0.25) is 0 Å². The van der Waals surface area contributed by atoms with Crippen LogP contribution in [0.25, 0.3) is 18.2 Å². The van der Waals surface area contributed by atoms with Gasteiger partial charge in [-0.25, -0.2) is 4.99 Å². The zero-order valence-corrected chi connectivity index (χ0v) is 28.0. The normalized spacial score (nSPS) is 23.7. The maximum atomic E-state index is 12.5.